The Kier molecular flexibility index (Phi) is 7.27. The number of aliphatic hydroxyl groups excluding tert-OH is 1. The summed E-state index contributed by atoms with van der Waals surface area (Å²) in [6.45, 7) is 0. The summed E-state index contributed by atoms with van der Waals surface area (Å²) in [4.78, 5) is 0. The topological polar surface area (TPSA) is 20.2 Å². The molecule has 0 radical (unpaired) electrons. The normalized spacial score (nSPS) is 33.3. The standard InChI is InChI=1S/C18H34O/c19-18-15-11-7-3-6-10-14-17(18)16-12-8-4-1-2-5-9-13-16/h16-19H,1-15H2. The van der Waals surface area contributed by atoms with Gasteiger partial charge in [0.05, 0.1) is 6.10 Å². The van der Waals surface area contributed by atoms with Gasteiger partial charge in [-0.15, -0.1) is 0 Å². The summed E-state index contributed by atoms with van der Waals surface area (Å²) in [5.41, 5.74) is 0. The molecule has 112 valence electrons. The predicted octanol–water partition coefficient (Wildman–Crippen LogP) is 5.46. The van der Waals surface area contributed by atoms with Gasteiger partial charge in [0.1, 0.15) is 0 Å². The minimum atomic E-state index is 0.00357. The van der Waals surface area contributed by atoms with Crippen LogP contribution in [0.2, 0.25) is 0 Å². The molecule has 2 atom stereocenters. The van der Waals surface area contributed by atoms with Crippen molar-refractivity contribution in [3.05, 3.63) is 0 Å². The van der Waals surface area contributed by atoms with Crippen LogP contribution in [0.5, 0.6) is 0 Å². The van der Waals surface area contributed by atoms with Crippen LogP contribution in [0.1, 0.15) is 96.3 Å². The number of aliphatic hydroxyl groups is 1. The maximum Gasteiger partial charge on any atom is 0.0571 e. The minimum absolute atomic E-state index is 0.00357. The van der Waals surface area contributed by atoms with Crippen molar-refractivity contribution in [2.75, 3.05) is 0 Å². The maximum absolute atomic E-state index is 10.6. The molecule has 0 aromatic rings. The zero-order valence-electron chi connectivity index (χ0n) is 12.8. The third-order valence-corrected chi connectivity index (χ3v) is 5.54. The van der Waals surface area contributed by atoms with Crippen LogP contribution in [0.3, 0.4) is 0 Å². The number of hydrogen-bond acceptors (Lipinski definition) is 1. The van der Waals surface area contributed by atoms with Crippen molar-refractivity contribution in [1.82, 2.24) is 0 Å². The minimum Gasteiger partial charge on any atom is -0.393 e. The van der Waals surface area contributed by atoms with Gasteiger partial charge < -0.3 is 5.11 Å². The first-order valence-corrected chi connectivity index (χ1v) is 9.06. The van der Waals surface area contributed by atoms with Gasteiger partial charge in [0, 0.05) is 0 Å². The molecule has 2 unspecified atom stereocenters. The fourth-order valence-electron chi connectivity index (χ4n) is 4.31. The second-order valence-electron chi connectivity index (χ2n) is 7.04. The molecule has 19 heavy (non-hydrogen) atoms. The largest absolute Gasteiger partial charge is 0.393 e. The lowest BCUT2D eigenvalue weighted by Gasteiger charge is -2.31. The second-order valence-corrected chi connectivity index (χ2v) is 7.04. The highest BCUT2D eigenvalue weighted by molar-refractivity contribution is 4.79. The Bertz CT molecular complexity index is 216. The molecule has 0 aliphatic heterocycles. The molecule has 0 spiro atoms. The third kappa shape index (κ3) is 5.45. The summed E-state index contributed by atoms with van der Waals surface area (Å²) < 4.78 is 0. The highest BCUT2D eigenvalue weighted by Gasteiger charge is 2.28. The molecule has 2 fully saturated rings. The Morgan fingerprint density at radius 3 is 1.47 bits per heavy atom. The van der Waals surface area contributed by atoms with E-state index in [0.29, 0.717) is 5.92 Å². The molecule has 2 aliphatic rings. The molecule has 2 aliphatic carbocycles. The first-order chi connectivity index (χ1) is 9.38. The highest BCUT2D eigenvalue weighted by Crippen LogP contribution is 2.35. The summed E-state index contributed by atoms with van der Waals surface area (Å²) in [5, 5.41) is 10.6. The van der Waals surface area contributed by atoms with E-state index in [4.69, 9.17) is 0 Å². The van der Waals surface area contributed by atoms with Gasteiger partial charge in [0.2, 0.25) is 0 Å². The van der Waals surface area contributed by atoms with Crippen molar-refractivity contribution >= 4 is 0 Å². The molecule has 2 saturated carbocycles. The van der Waals surface area contributed by atoms with E-state index >= 15 is 0 Å². The van der Waals surface area contributed by atoms with Crippen LogP contribution in [0.15, 0.2) is 0 Å². The van der Waals surface area contributed by atoms with E-state index in [1.165, 1.54) is 89.9 Å². The average molecular weight is 266 g/mol. The lowest BCUT2D eigenvalue weighted by molar-refractivity contribution is 0.0511. The van der Waals surface area contributed by atoms with E-state index in [1.807, 2.05) is 0 Å². The van der Waals surface area contributed by atoms with Gasteiger partial charge >= 0.3 is 0 Å². The fraction of sp³-hybridized carbons (Fsp3) is 1.00. The van der Waals surface area contributed by atoms with E-state index in [9.17, 15) is 5.11 Å². The monoisotopic (exact) mass is 266 g/mol. The summed E-state index contributed by atoms with van der Waals surface area (Å²) in [7, 11) is 0. The van der Waals surface area contributed by atoms with Crippen LogP contribution in [0, 0.1) is 11.8 Å². The fourth-order valence-corrected chi connectivity index (χ4v) is 4.31. The van der Waals surface area contributed by atoms with E-state index in [1.54, 1.807) is 0 Å². The zero-order chi connectivity index (χ0) is 13.3. The maximum atomic E-state index is 10.6. The first-order valence-electron chi connectivity index (χ1n) is 9.06. The molecule has 1 N–H and O–H groups in total. The van der Waals surface area contributed by atoms with Crippen molar-refractivity contribution in [2.24, 2.45) is 11.8 Å². The van der Waals surface area contributed by atoms with Crippen LogP contribution in [-0.2, 0) is 0 Å². The Morgan fingerprint density at radius 2 is 0.895 bits per heavy atom. The van der Waals surface area contributed by atoms with Crippen LogP contribution in [-0.4, -0.2) is 11.2 Å². The van der Waals surface area contributed by atoms with E-state index in [2.05, 4.69) is 0 Å². The Morgan fingerprint density at radius 1 is 0.474 bits per heavy atom. The molecule has 0 bridgehead atoms. The van der Waals surface area contributed by atoms with E-state index in [-0.39, 0.29) is 6.10 Å². The van der Waals surface area contributed by atoms with Gasteiger partial charge in [-0.05, 0) is 24.7 Å². The van der Waals surface area contributed by atoms with Gasteiger partial charge in [0.25, 0.3) is 0 Å². The molecule has 0 amide bonds. The predicted molar refractivity (Wildman–Crippen MR) is 82.2 cm³/mol. The summed E-state index contributed by atoms with van der Waals surface area (Å²) in [6.07, 6.45) is 20.5. The first kappa shape index (κ1) is 15.4. The van der Waals surface area contributed by atoms with Crippen LogP contribution in [0.4, 0.5) is 0 Å². The Balaban J connectivity index is 1.92. The summed E-state index contributed by atoms with van der Waals surface area (Å²) >= 11 is 0. The van der Waals surface area contributed by atoms with Gasteiger partial charge in [-0.2, -0.15) is 0 Å². The molecular weight excluding hydrogens is 232 g/mol. The van der Waals surface area contributed by atoms with Gasteiger partial charge in [-0.25, -0.2) is 0 Å². The Hall–Kier alpha value is -0.0400. The molecule has 0 heterocycles. The van der Waals surface area contributed by atoms with Crippen LogP contribution < -0.4 is 0 Å². The molecule has 1 heteroatoms. The van der Waals surface area contributed by atoms with Crippen molar-refractivity contribution in [3.63, 3.8) is 0 Å². The molecule has 0 aromatic carbocycles. The number of hydrogen-bond donors (Lipinski definition) is 1. The van der Waals surface area contributed by atoms with Crippen molar-refractivity contribution in [2.45, 2.75) is 102 Å². The second kappa shape index (κ2) is 9.00. The van der Waals surface area contributed by atoms with Gasteiger partial charge in [-0.1, -0.05) is 83.5 Å². The van der Waals surface area contributed by atoms with Crippen molar-refractivity contribution in [1.29, 1.82) is 0 Å². The van der Waals surface area contributed by atoms with Crippen LogP contribution >= 0.6 is 0 Å². The zero-order valence-corrected chi connectivity index (χ0v) is 12.8. The summed E-state index contributed by atoms with van der Waals surface area (Å²) in [5.74, 6) is 1.45. The van der Waals surface area contributed by atoms with Crippen molar-refractivity contribution < 1.29 is 5.11 Å². The highest BCUT2D eigenvalue weighted by atomic mass is 16.3. The molecular formula is C18H34O. The Labute approximate surface area is 120 Å². The third-order valence-electron chi connectivity index (χ3n) is 5.54. The van der Waals surface area contributed by atoms with Gasteiger partial charge in [0.15, 0.2) is 0 Å². The quantitative estimate of drug-likeness (QED) is 0.668. The van der Waals surface area contributed by atoms with E-state index < -0.39 is 0 Å². The van der Waals surface area contributed by atoms with Gasteiger partial charge in [-0.3, -0.25) is 0 Å². The van der Waals surface area contributed by atoms with Crippen molar-refractivity contribution in [3.8, 4) is 0 Å². The van der Waals surface area contributed by atoms with Crippen LogP contribution in [0.25, 0.3) is 0 Å². The number of rotatable bonds is 1. The lowest BCUT2D eigenvalue weighted by Crippen LogP contribution is -2.28. The molecule has 1 nitrogen and oxygen atoms in total. The summed E-state index contributed by atoms with van der Waals surface area (Å²) in [6, 6.07) is 0. The average Bonchev–Trinajstić information content (AvgIpc) is 2.60. The molecule has 2 rings (SSSR count). The van der Waals surface area contributed by atoms with E-state index in [0.717, 1.165) is 12.3 Å². The lowest BCUT2D eigenvalue weighted by atomic mass is 9.77. The molecule has 0 saturated heterocycles. The molecule has 0 aromatic heterocycles. The SMILES string of the molecule is OC1CCCCCCCC1C1CCCCCCCC1. The smallest absolute Gasteiger partial charge is 0.0571 e.